The van der Waals surface area contributed by atoms with Gasteiger partial charge >= 0.3 is 6.01 Å². The quantitative estimate of drug-likeness (QED) is 0.147. The van der Waals surface area contributed by atoms with Gasteiger partial charge in [0.15, 0.2) is 5.82 Å². The van der Waals surface area contributed by atoms with Gasteiger partial charge in [-0.05, 0) is 78.9 Å². The van der Waals surface area contributed by atoms with E-state index in [1.807, 2.05) is 0 Å². The van der Waals surface area contributed by atoms with E-state index in [1.165, 1.54) is 12.1 Å². The molecule has 1 N–H and O–H groups in total. The standard InChI is InChI=1S/C43H52F3N5O3Si/c1-25(2)55(26(3)4,27(5)6)18-13-32-34(45)11-9-28-19-31(52)20-33(36(28)32)39-38(46)40-37-35(47-39)12-10-30-23-53-17-8-16-51(30)41(37)49-42(48-40)54-24-43-14-7-15-50(43)22-29(44)21-43/h9,11,19-20,25-27,29-30,52H,7-8,10,12,14-17,21-24H2,1-6H3/t29-,30?,43+/m1/s1. The number of pyridine rings is 1. The number of ether oxygens (including phenoxy) is 2. The second-order valence-electron chi connectivity index (χ2n) is 17.1. The molecule has 8 nitrogen and oxygen atoms in total. The van der Waals surface area contributed by atoms with E-state index in [9.17, 15) is 9.50 Å². The second-order valence-corrected chi connectivity index (χ2v) is 22.7. The number of rotatable bonds is 7. The van der Waals surface area contributed by atoms with Crippen LogP contribution in [-0.2, 0) is 11.2 Å². The van der Waals surface area contributed by atoms with Gasteiger partial charge in [0.25, 0.3) is 0 Å². The number of phenolic OH excluding ortho intramolecular Hbond substituents is 1. The molecule has 4 aliphatic rings. The van der Waals surface area contributed by atoms with Crippen molar-refractivity contribution in [3.05, 3.63) is 47.2 Å². The molecule has 55 heavy (non-hydrogen) atoms. The lowest BCUT2D eigenvalue weighted by Gasteiger charge is -2.38. The van der Waals surface area contributed by atoms with Crippen molar-refractivity contribution in [2.75, 3.05) is 44.4 Å². The van der Waals surface area contributed by atoms with Crippen LogP contribution in [-0.4, -0.2) is 90.2 Å². The maximum absolute atomic E-state index is 17.6. The molecule has 4 aromatic rings. The van der Waals surface area contributed by atoms with Crippen molar-refractivity contribution in [3.8, 4) is 34.5 Å². The lowest BCUT2D eigenvalue weighted by Crippen LogP contribution is -2.43. The number of hydrogen-bond donors (Lipinski definition) is 1. The van der Waals surface area contributed by atoms with E-state index in [4.69, 9.17) is 24.4 Å². The van der Waals surface area contributed by atoms with Crippen LogP contribution >= 0.6 is 0 Å². The van der Waals surface area contributed by atoms with Crippen LogP contribution in [0.4, 0.5) is 19.0 Å². The number of nitrogens with zero attached hydrogens (tertiary/aromatic N) is 5. The van der Waals surface area contributed by atoms with Crippen LogP contribution in [0.25, 0.3) is 32.9 Å². The molecule has 292 valence electrons. The average molecular weight is 772 g/mol. The number of anilines is 1. The van der Waals surface area contributed by atoms with Crippen LogP contribution in [0.5, 0.6) is 11.8 Å². The smallest absolute Gasteiger partial charge is 0.319 e. The van der Waals surface area contributed by atoms with E-state index >= 15 is 8.78 Å². The minimum atomic E-state index is -2.29. The molecular formula is C43H52F3N5O3Si. The summed E-state index contributed by atoms with van der Waals surface area (Å²) in [4.78, 5) is 19.0. The Balaban J connectivity index is 1.34. The van der Waals surface area contributed by atoms with E-state index in [1.54, 1.807) is 12.1 Å². The van der Waals surface area contributed by atoms with Gasteiger partial charge in [0.05, 0.1) is 34.8 Å². The first kappa shape index (κ1) is 38.0. The van der Waals surface area contributed by atoms with Gasteiger partial charge in [0.2, 0.25) is 0 Å². The molecule has 3 atom stereocenters. The van der Waals surface area contributed by atoms with Crippen molar-refractivity contribution in [1.82, 2.24) is 19.9 Å². The normalized spacial score (nSPS) is 22.9. The SMILES string of the molecule is CC(C)[Si](C#Cc1c(F)ccc2cc(O)cc(-c3nc4c5c(nc(OC[C@@]67CCCN6C[C@H](F)C7)nc5c3F)N3CCCOCC3CC4)c12)(C(C)C)C(C)C. The summed E-state index contributed by atoms with van der Waals surface area (Å²) in [7, 11) is -2.29. The van der Waals surface area contributed by atoms with Gasteiger partial charge in [0.1, 0.15) is 49.4 Å². The highest BCUT2D eigenvalue weighted by atomic mass is 28.3. The molecule has 3 saturated heterocycles. The number of aromatic nitrogens is 3. The predicted octanol–water partition coefficient (Wildman–Crippen LogP) is 8.90. The molecule has 0 amide bonds. The fraction of sp³-hybridized carbons (Fsp3) is 0.558. The maximum Gasteiger partial charge on any atom is 0.319 e. The number of fused-ring (bicyclic) bond motifs is 4. The Morgan fingerprint density at radius 2 is 1.80 bits per heavy atom. The Hall–Kier alpha value is -3.92. The Kier molecular flexibility index (Phi) is 10.0. The van der Waals surface area contributed by atoms with Crippen molar-refractivity contribution in [2.24, 2.45) is 0 Å². The summed E-state index contributed by atoms with van der Waals surface area (Å²) in [6, 6.07) is 5.96. The van der Waals surface area contributed by atoms with Crippen LogP contribution in [0.3, 0.4) is 0 Å². The maximum atomic E-state index is 17.6. The lowest BCUT2D eigenvalue weighted by atomic mass is 9.95. The average Bonchev–Trinajstić information content (AvgIpc) is 3.49. The van der Waals surface area contributed by atoms with Gasteiger partial charge in [0, 0.05) is 37.1 Å². The number of alkyl halides is 1. The first-order chi connectivity index (χ1) is 26.3. The molecule has 0 saturated carbocycles. The highest BCUT2D eigenvalue weighted by Crippen LogP contribution is 2.45. The third-order valence-corrected chi connectivity index (χ3v) is 19.3. The van der Waals surface area contributed by atoms with E-state index in [0.29, 0.717) is 89.9 Å². The zero-order valence-corrected chi connectivity index (χ0v) is 33.8. The molecule has 0 aliphatic carbocycles. The number of aryl methyl sites for hydroxylation is 1. The van der Waals surface area contributed by atoms with Gasteiger partial charge < -0.3 is 19.5 Å². The van der Waals surface area contributed by atoms with Gasteiger partial charge in [-0.25, -0.2) is 18.2 Å². The predicted molar refractivity (Wildman–Crippen MR) is 213 cm³/mol. The Morgan fingerprint density at radius 1 is 1.02 bits per heavy atom. The Labute approximate surface area is 322 Å². The van der Waals surface area contributed by atoms with Crippen molar-refractivity contribution in [1.29, 1.82) is 0 Å². The summed E-state index contributed by atoms with van der Waals surface area (Å²) in [5.74, 6) is 2.53. The van der Waals surface area contributed by atoms with Crippen LogP contribution < -0.4 is 9.64 Å². The van der Waals surface area contributed by atoms with Crippen molar-refractivity contribution in [2.45, 2.75) is 114 Å². The summed E-state index contributed by atoms with van der Waals surface area (Å²) in [5.41, 5.74) is 5.20. The molecule has 12 heteroatoms. The molecule has 0 bridgehead atoms. The zero-order valence-electron chi connectivity index (χ0n) is 32.8. The molecule has 1 unspecified atom stereocenters. The molecule has 0 spiro atoms. The Morgan fingerprint density at radius 3 is 2.56 bits per heavy atom. The number of benzene rings is 2. The number of halogens is 3. The fourth-order valence-electron chi connectivity index (χ4n) is 10.5. The third kappa shape index (κ3) is 6.44. The summed E-state index contributed by atoms with van der Waals surface area (Å²) in [6.45, 7) is 16.4. The molecule has 2 aromatic carbocycles. The van der Waals surface area contributed by atoms with E-state index < -0.39 is 31.4 Å². The Bertz CT molecular complexity index is 2180. The molecular weight excluding hydrogens is 720 g/mol. The van der Waals surface area contributed by atoms with Crippen LogP contribution in [0.1, 0.15) is 84.9 Å². The molecule has 2 aromatic heterocycles. The summed E-state index contributed by atoms with van der Waals surface area (Å²) >= 11 is 0. The highest BCUT2D eigenvalue weighted by molar-refractivity contribution is 6.90. The van der Waals surface area contributed by atoms with Crippen LogP contribution in [0.15, 0.2) is 24.3 Å². The first-order valence-corrected chi connectivity index (χ1v) is 22.3. The summed E-state index contributed by atoms with van der Waals surface area (Å²) < 4.78 is 60.8. The van der Waals surface area contributed by atoms with E-state index in [2.05, 4.69) is 62.8 Å². The van der Waals surface area contributed by atoms with E-state index in [0.717, 1.165) is 25.8 Å². The van der Waals surface area contributed by atoms with Crippen molar-refractivity contribution < 1.29 is 27.8 Å². The molecule has 3 fully saturated rings. The second kappa shape index (κ2) is 14.5. The topological polar surface area (TPSA) is 83.8 Å². The minimum Gasteiger partial charge on any atom is -0.508 e. The molecule has 8 rings (SSSR count). The van der Waals surface area contributed by atoms with Gasteiger partial charge in [-0.1, -0.05) is 53.5 Å². The minimum absolute atomic E-state index is 0.0228. The van der Waals surface area contributed by atoms with Gasteiger partial charge in [-0.15, -0.1) is 5.54 Å². The van der Waals surface area contributed by atoms with Crippen molar-refractivity contribution in [3.63, 3.8) is 0 Å². The fourth-order valence-corrected chi connectivity index (χ4v) is 15.7. The molecule has 6 heterocycles. The first-order valence-electron chi connectivity index (χ1n) is 20.1. The van der Waals surface area contributed by atoms with Gasteiger partial charge in [-0.2, -0.15) is 9.97 Å². The highest BCUT2D eigenvalue weighted by Gasteiger charge is 2.49. The summed E-state index contributed by atoms with van der Waals surface area (Å²) in [5, 5.41) is 12.5. The van der Waals surface area contributed by atoms with Crippen molar-refractivity contribution >= 4 is 35.6 Å². The third-order valence-electron chi connectivity index (χ3n) is 13.1. The molecule has 4 aliphatic heterocycles. The number of aromatic hydroxyl groups is 1. The summed E-state index contributed by atoms with van der Waals surface area (Å²) in [6.07, 6.45) is 3.20. The van der Waals surface area contributed by atoms with Crippen LogP contribution in [0, 0.1) is 23.1 Å². The molecule has 0 radical (unpaired) electrons. The number of hydrogen-bond acceptors (Lipinski definition) is 8. The monoisotopic (exact) mass is 771 g/mol. The van der Waals surface area contributed by atoms with Gasteiger partial charge in [-0.3, -0.25) is 4.90 Å². The number of phenols is 1. The largest absolute Gasteiger partial charge is 0.508 e. The lowest BCUT2D eigenvalue weighted by molar-refractivity contribution is 0.107. The van der Waals surface area contributed by atoms with Crippen LogP contribution in [0.2, 0.25) is 16.6 Å². The van der Waals surface area contributed by atoms with E-state index in [-0.39, 0.29) is 46.7 Å². The zero-order chi connectivity index (χ0) is 38.8.